The molecule has 34 heavy (non-hydrogen) atoms. The number of benzene rings is 1. The summed E-state index contributed by atoms with van der Waals surface area (Å²) in [6, 6.07) is 3.65. The molecular formula is C27H47N3O4. The Balaban J connectivity index is 2.18. The van der Waals surface area contributed by atoms with Gasteiger partial charge in [-0.3, -0.25) is 10.2 Å². The van der Waals surface area contributed by atoms with Crippen molar-refractivity contribution in [3.05, 3.63) is 23.8 Å². The van der Waals surface area contributed by atoms with E-state index in [0.717, 1.165) is 30.2 Å². The Morgan fingerprint density at radius 3 is 1.71 bits per heavy atom. The number of nitrogens with two attached hydrogens (primary N) is 1. The molecule has 6 N–H and O–H groups in total. The van der Waals surface area contributed by atoms with Gasteiger partial charge in [0.2, 0.25) is 0 Å². The number of amidine groups is 1. The van der Waals surface area contributed by atoms with E-state index in [1.165, 1.54) is 89.2 Å². The standard InChI is InChI=1S/C27H47N3O4/c1-2-3-4-5-6-7-8-9-10-11-12-13-14-15-16-17-20-30(27(34)25(28)29)26(33)23-19-18-22(31)21-24(23)32/h18-19,21,27,31-32,34H,2-17,20H2,1H3,(H3,28,29). The molecule has 0 saturated carbocycles. The summed E-state index contributed by atoms with van der Waals surface area (Å²) in [6.45, 7) is 2.49. The summed E-state index contributed by atoms with van der Waals surface area (Å²) in [5, 5.41) is 37.1. The number of phenolic OH excluding ortho intramolecular Hbond substituents is 2. The van der Waals surface area contributed by atoms with Crippen molar-refractivity contribution in [2.24, 2.45) is 5.73 Å². The fourth-order valence-electron chi connectivity index (χ4n) is 4.19. The molecule has 0 heterocycles. The molecule has 0 spiro atoms. The third kappa shape index (κ3) is 12.3. The molecule has 0 aliphatic carbocycles. The van der Waals surface area contributed by atoms with Crippen LogP contribution in [0.1, 0.15) is 120 Å². The van der Waals surface area contributed by atoms with Gasteiger partial charge in [-0.1, -0.05) is 103 Å². The monoisotopic (exact) mass is 477 g/mol. The maximum absolute atomic E-state index is 12.8. The molecule has 0 fully saturated rings. The van der Waals surface area contributed by atoms with Crippen LogP contribution in [0.15, 0.2) is 18.2 Å². The van der Waals surface area contributed by atoms with Gasteiger partial charge in [-0.25, -0.2) is 0 Å². The number of aromatic hydroxyl groups is 2. The molecule has 0 aliphatic rings. The average molecular weight is 478 g/mol. The first-order valence-electron chi connectivity index (χ1n) is 13.2. The second-order valence-electron chi connectivity index (χ2n) is 9.33. The molecule has 7 nitrogen and oxygen atoms in total. The Labute approximate surface area is 205 Å². The number of hydrogen-bond donors (Lipinski definition) is 5. The lowest BCUT2D eigenvalue weighted by Crippen LogP contribution is -2.48. The average Bonchev–Trinajstić information content (AvgIpc) is 2.80. The number of nitrogens with one attached hydrogen (secondary N) is 1. The van der Waals surface area contributed by atoms with E-state index in [1.54, 1.807) is 0 Å². The van der Waals surface area contributed by atoms with Gasteiger partial charge in [-0.2, -0.15) is 0 Å². The Morgan fingerprint density at radius 1 is 0.853 bits per heavy atom. The number of unbranched alkanes of at least 4 members (excludes halogenated alkanes) is 15. The van der Waals surface area contributed by atoms with Crippen LogP contribution in [0.25, 0.3) is 0 Å². The summed E-state index contributed by atoms with van der Waals surface area (Å²) in [5.74, 6) is -1.69. The normalized spacial score (nSPS) is 11.9. The molecule has 1 rings (SSSR count). The van der Waals surface area contributed by atoms with Crippen molar-refractivity contribution in [3.63, 3.8) is 0 Å². The van der Waals surface area contributed by atoms with E-state index in [-0.39, 0.29) is 23.6 Å². The number of phenols is 2. The van der Waals surface area contributed by atoms with Crippen LogP contribution in [0.2, 0.25) is 0 Å². The van der Waals surface area contributed by atoms with Crippen molar-refractivity contribution in [2.45, 2.75) is 116 Å². The van der Waals surface area contributed by atoms with Crippen LogP contribution in [0.4, 0.5) is 0 Å². The number of aliphatic hydroxyl groups excluding tert-OH is 1. The molecule has 0 aliphatic heterocycles. The van der Waals surface area contributed by atoms with Crippen LogP contribution in [-0.2, 0) is 0 Å². The molecule has 0 aromatic heterocycles. The quantitative estimate of drug-likeness (QED) is 0.0674. The SMILES string of the molecule is CCCCCCCCCCCCCCCCCCN(C(=O)c1ccc(O)cc1O)C(O)C(=N)N. The maximum atomic E-state index is 12.8. The van der Waals surface area contributed by atoms with Crippen LogP contribution in [0.3, 0.4) is 0 Å². The Morgan fingerprint density at radius 2 is 1.29 bits per heavy atom. The van der Waals surface area contributed by atoms with E-state index < -0.39 is 18.0 Å². The molecule has 0 radical (unpaired) electrons. The Kier molecular flexibility index (Phi) is 15.8. The van der Waals surface area contributed by atoms with Gasteiger partial charge in [0, 0.05) is 12.6 Å². The Hall–Kier alpha value is -2.28. The van der Waals surface area contributed by atoms with Crippen molar-refractivity contribution in [2.75, 3.05) is 6.54 Å². The second kappa shape index (κ2) is 18.1. The molecule has 0 bridgehead atoms. The predicted octanol–water partition coefficient (Wildman–Crippen LogP) is 6.06. The second-order valence-corrected chi connectivity index (χ2v) is 9.33. The third-order valence-electron chi connectivity index (χ3n) is 6.30. The summed E-state index contributed by atoms with van der Waals surface area (Å²) >= 11 is 0. The Bertz CT molecular complexity index is 711. The van der Waals surface area contributed by atoms with Crippen molar-refractivity contribution in [3.8, 4) is 11.5 Å². The zero-order valence-electron chi connectivity index (χ0n) is 21.1. The fourth-order valence-corrected chi connectivity index (χ4v) is 4.19. The molecule has 7 heteroatoms. The van der Waals surface area contributed by atoms with Gasteiger partial charge in [-0.15, -0.1) is 0 Å². The number of carbonyl (C=O) groups excluding carboxylic acids is 1. The smallest absolute Gasteiger partial charge is 0.259 e. The molecule has 194 valence electrons. The number of aliphatic hydroxyl groups is 1. The van der Waals surface area contributed by atoms with E-state index in [1.807, 2.05) is 0 Å². The van der Waals surface area contributed by atoms with Gasteiger partial charge in [0.05, 0.1) is 5.56 Å². The van der Waals surface area contributed by atoms with E-state index in [4.69, 9.17) is 11.1 Å². The van der Waals surface area contributed by atoms with E-state index in [0.29, 0.717) is 6.42 Å². The van der Waals surface area contributed by atoms with Gasteiger partial charge in [0.1, 0.15) is 17.3 Å². The minimum absolute atomic E-state index is 0.0467. The van der Waals surface area contributed by atoms with Crippen LogP contribution in [0.5, 0.6) is 11.5 Å². The van der Waals surface area contributed by atoms with Crippen molar-refractivity contribution < 1.29 is 20.1 Å². The van der Waals surface area contributed by atoms with E-state index in [9.17, 15) is 20.1 Å². The van der Waals surface area contributed by atoms with Gasteiger partial charge < -0.3 is 26.0 Å². The lowest BCUT2D eigenvalue weighted by Gasteiger charge is -2.27. The maximum Gasteiger partial charge on any atom is 0.259 e. The summed E-state index contributed by atoms with van der Waals surface area (Å²) in [7, 11) is 0. The summed E-state index contributed by atoms with van der Waals surface area (Å²) in [5.41, 5.74) is 5.37. The minimum Gasteiger partial charge on any atom is -0.508 e. The number of rotatable bonds is 20. The van der Waals surface area contributed by atoms with Crippen molar-refractivity contribution in [1.82, 2.24) is 4.90 Å². The first-order valence-corrected chi connectivity index (χ1v) is 13.2. The molecule has 1 amide bonds. The van der Waals surface area contributed by atoms with Crippen LogP contribution in [-0.4, -0.2) is 44.7 Å². The largest absolute Gasteiger partial charge is 0.508 e. The van der Waals surface area contributed by atoms with Gasteiger partial charge in [0.15, 0.2) is 6.23 Å². The molecule has 1 aromatic rings. The highest BCUT2D eigenvalue weighted by Gasteiger charge is 2.26. The lowest BCUT2D eigenvalue weighted by molar-refractivity contribution is 0.0361. The van der Waals surface area contributed by atoms with Gasteiger partial charge in [-0.05, 0) is 18.6 Å². The number of nitrogens with zero attached hydrogens (tertiary/aromatic N) is 1. The van der Waals surface area contributed by atoms with Crippen molar-refractivity contribution in [1.29, 1.82) is 5.41 Å². The van der Waals surface area contributed by atoms with Gasteiger partial charge in [0.25, 0.3) is 5.91 Å². The van der Waals surface area contributed by atoms with Crippen LogP contribution >= 0.6 is 0 Å². The highest BCUT2D eigenvalue weighted by atomic mass is 16.3. The fraction of sp³-hybridized carbons (Fsp3) is 0.704. The van der Waals surface area contributed by atoms with E-state index >= 15 is 0 Å². The highest BCUT2D eigenvalue weighted by molar-refractivity contribution is 5.99. The minimum atomic E-state index is -1.54. The zero-order chi connectivity index (χ0) is 25.2. The summed E-state index contributed by atoms with van der Waals surface area (Å²) < 4.78 is 0. The number of hydrogen-bond acceptors (Lipinski definition) is 5. The van der Waals surface area contributed by atoms with Crippen molar-refractivity contribution >= 4 is 11.7 Å². The first kappa shape index (κ1) is 29.8. The lowest BCUT2D eigenvalue weighted by atomic mass is 10.0. The molecule has 0 saturated heterocycles. The van der Waals surface area contributed by atoms with E-state index in [2.05, 4.69) is 6.92 Å². The number of carbonyl (C=O) groups is 1. The highest BCUT2D eigenvalue weighted by Crippen LogP contribution is 2.24. The molecule has 1 unspecified atom stereocenters. The molecule has 1 aromatic carbocycles. The summed E-state index contributed by atoms with van der Waals surface area (Å²) in [4.78, 5) is 13.9. The van der Waals surface area contributed by atoms with Crippen LogP contribution < -0.4 is 5.73 Å². The molecular weight excluding hydrogens is 430 g/mol. The summed E-state index contributed by atoms with van der Waals surface area (Å²) in [6.07, 6.45) is 18.3. The molecule has 1 atom stereocenters. The van der Waals surface area contributed by atoms with Crippen LogP contribution in [0, 0.1) is 5.41 Å². The van der Waals surface area contributed by atoms with Gasteiger partial charge >= 0.3 is 0 Å². The first-order chi connectivity index (χ1) is 16.4. The number of amides is 1. The zero-order valence-corrected chi connectivity index (χ0v) is 21.1. The topological polar surface area (TPSA) is 131 Å². The predicted molar refractivity (Wildman–Crippen MR) is 138 cm³/mol. The third-order valence-corrected chi connectivity index (χ3v) is 6.30.